The molecule has 0 aliphatic rings. The Morgan fingerprint density at radius 3 is 2.46 bits per heavy atom. The lowest BCUT2D eigenvalue weighted by Crippen LogP contribution is -1.96. The normalized spacial score (nSPS) is 11.0. The molecule has 0 radical (unpaired) electrons. The van der Waals surface area contributed by atoms with Crippen molar-refractivity contribution in [3.63, 3.8) is 0 Å². The standard InChI is InChI=1S/C20H17NO2S/c1-13-2-11-20(24-13)15-6-3-14(4-7-15)5-10-18(22)17-9-8-16(21)12-19(17)23/h2-12,23H,21H2,1H3/b10-5+. The Balaban J connectivity index is 1.75. The lowest BCUT2D eigenvalue weighted by molar-refractivity contribution is 0.104. The number of aryl methyl sites for hydroxylation is 1. The number of anilines is 1. The summed E-state index contributed by atoms with van der Waals surface area (Å²) in [6, 6.07) is 16.7. The lowest BCUT2D eigenvalue weighted by Gasteiger charge is -2.02. The third kappa shape index (κ3) is 3.55. The highest BCUT2D eigenvalue weighted by Gasteiger charge is 2.08. The molecule has 0 aliphatic carbocycles. The molecule has 1 aromatic heterocycles. The van der Waals surface area contributed by atoms with Gasteiger partial charge in [0.25, 0.3) is 0 Å². The molecule has 1 heterocycles. The van der Waals surface area contributed by atoms with Gasteiger partial charge in [-0.15, -0.1) is 11.3 Å². The van der Waals surface area contributed by atoms with Gasteiger partial charge in [-0.3, -0.25) is 4.79 Å². The van der Waals surface area contributed by atoms with Crippen molar-refractivity contribution in [2.24, 2.45) is 0 Å². The number of benzene rings is 2. The summed E-state index contributed by atoms with van der Waals surface area (Å²) in [6.07, 6.45) is 3.19. The minimum atomic E-state index is -0.259. The van der Waals surface area contributed by atoms with Crippen LogP contribution in [-0.4, -0.2) is 10.9 Å². The Kier molecular flexibility index (Phi) is 4.49. The Bertz CT molecular complexity index is 908. The molecule has 3 aromatic rings. The third-order valence-corrected chi connectivity index (χ3v) is 4.70. The molecule has 4 heteroatoms. The zero-order valence-electron chi connectivity index (χ0n) is 13.2. The number of carbonyl (C=O) groups excluding carboxylic acids is 1. The van der Waals surface area contributed by atoms with Gasteiger partial charge < -0.3 is 10.8 Å². The van der Waals surface area contributed by atoms with Crippen LogP contribution in [-0.2, 0) is 0 Å². The Morgan fingerprint density at radius 1 is 1.08 bits per heavy atom. The van der Waals surface area contributed by atoms with E-state index in [-0.39, 0.29) is 17.1 Å². The largest absolute Gasteiger partial charge is 0.507 e. The number of hydrogen-bond acceptors (Lipinski definition) is 4. The average molecular weight is 335 g/mol. The molecule has 0 saturated heterocycles. The number of aromatic hydroxyl groups is 1. The van der Waals surface area contributed by atoms with Crippen LogP contribution < -0.4 is 5.73 Å². The second-order valence-corrected chi connectivity index (χ2v) is 6.79. The zero-order chi connectivity index (χ0) is 17.1. The van der Waals surface area contributed by atoms with Gasteiger partial charge in [0.2, 0.25) is 0 Å². The van der Waals surface area contributed by atoms with E-state index in [1.54, 1.807) is 23.5 Å². The molecule has 24 heavy (non-hydrogen) atoms. The van der Waals surface area contributed by atoms with Crippen LogP contribution in [0.2, 0.25) is 0 Å². The monoisotopic (exact) mass is 335 g/mol. The van der Waals surface area contributed by atoms with Crippen LogP contribution >= 0.6 is 11.3 Å². The smallest absolute Gasteiger partial charge is 0.189 e. The van der Waals surface area contributed by atoms with Gasteiger partial charge in [0.1, 0.15) is 5.75 Å². The molecule has 3 rings (SSSR count). The summed E-state index contributed by atoms with van der Waals surface area (Å²) in [5.41, 5.74) is 8.32. The molecule has 0 amide bonds. The molecule has 3 nitrogen and oxygen atoms in total. The van der Waals surface area contributed by atoms with Crippen molar-refractivity contribution in [2.45, 2.75) is 6.92 Å². The van der Waals surface area contributed by atoms with E-state index in [4.69, 9.17) is 5.73 Å². The average Bonchev–Trinajstić information content (AvgIpc) is 2.99. The van der Waals surface area contributed by atoms with Gasteiger partial charge in [-0.05, 0) is 48.4 Å². The molecule has 0 unspecified atom stereocenters. The van der Waals surface area contributed by atoms with Crippen LogP contribution in [0.4, 0.5) is 5.69 Å². The maximum atomic E-state index is 12.2. The van der Waals surface area contributed by atoms with E-state index in [1.165, 1.54) is 28.0 Å². The number of allylic oxidation sites excluding steroid dienone is 1. The highest BCUT2D eigenvalue weighted by molar-refractivity contribution is 7.15. The second-order valence-electron chi connectivity index (χ2n) is 5.51. The highest BCUT2D eigenvalue weighted by atomic mass is 32.1. The van der Waals surface area contributed by atoms with Crippen molar-refractivity contribution < 1.29 is 9.90 Å². The maximum absolute atomic E-state index is 12.2. The SMILES string of the molecule is Cc1ccc(-c2ccc(/C=C/C(=O)c3ccc(N)cc3O)cc2)s1. The first-order valence-electron chi connectivity index (χ1n) is 7.51. The molecular weight excluding hydrogens is 318 g/mol. The molecule has 0 spiro atoms. The molecular formula is C20H17NO2S. The summed E-state index contributed by atoms with van der Waals surface area (Å²) >= 11 is 1.75. The summed E-state index contributed by atoms with van der Waals surface area (Å²) in [5.74, 6) is -0.362. The molecule has 3 N–H and O–H groups in total. The Labute approximate surface area is 144 Å². The fourth-order valence-electron chi connectivity index (χ4n) is 2.37. The molecule has 2 aromatic carbocycles. The van der Waals surface area contributed by atoms with E-state index in [1.807, 2.05) is 24.3 Å². The van der Waals surface area contributed by atoms with Gasteiger partial charge in [-0.1, -0.05) is 30.3 Å². The first-order chi connectivity index (χ1) is 11.5. The highest BCUT2D eigenvalue weighted by Crippen LogP contribution is 2.28. The summed E-state index contributed by atoms with van der Waals surface area (Å²) in [6.45, 7) is 2.09. The summed E-state index contributed by atoms with van der Waals surface area (Å²) in [7, 11) is 0. The van der Waals surface area contributed by atoms with Crippen molar-refractivity contribution in [3.8, 4) is 16.2 Å². The fourth-order valence-corrected chi connectivity index (χ4v) is 3.24. The van der Waals surface area contributed by atoms with Gasteiger partial charge in [0, 0.05) is 21.5 Å². The van der Waals surface area contributed by atoms with Crippen molar-refractivity contribution in [3.05, 3.63) is 76.7 Å². The fraction of sp³-hybridized carbons (Fsp3) is 0.0500. The number of hydrogen-bond donors (Lipinski definition) is 2. The number of thiophene rings is 1. The van der Waals surface area contributed by atoms with Crippen LogP contribution in [0, 0.1) is 6.92 Å². The van der Waals surface area contributed by atoms with Crippen LogP contribution in [0.1, 0.15) is 20.8 Å². The molecule has 0 fully saturated rings. The molecule has 0 bridgehead atoms. The van der Waals surface area contributed by atoms with Crippen molar-refractivity contribution >= 4 is 28.9 Å². The number of carbonyl (C=O) groups is 1. The number of nitrogens with two attached hydrogens (primary N) is 1. The van der Waals surface area contributed by atoms with Gasteiger partial charge in [-0.25, -0.2) is 0 Å². The topological polar surface area (TPSA) is 63.3 Å². The van der Waals surface area contributed by atoms with Gasteiger partial charge >= 0.3 is 0 Å². The van der Waals surface area contributed by atoms with E-state index in [0.29, 0.717) is 5.69 Å². The maximum Gasteiger partial charge on any atom is 0.189 e. The van der Waals surface area contributed by atoms with Crippen LogP contribution in [0.25, 0.3) is 16.5 Å². The number of ketones is 1. The minimum Gasteiger partial charge on any atom is -0.507 e. The predicted octanol–water partition coefficient (Wildman–Crippen LogP) is 4.91. The van der Waals surface area contributed by atoms with Crippen LogP contribution in [0.3, 0.4) is 0 Å². The first-order valence-corrected chi connectivity index (χ1v) is 8.32. The van der Waals surface area contributed by atoms with E-state index >= 15 is 0 Å². The molecule has 120 valence electrons. The second kappa shape index (κ2) is 6.72. The van der Waals surface area contributed by atoms with Crippen molar-refractivity contribution in [1.29, 1.82) is 0 Å². The first kappa shape index (κ1) is 16.0. The summed E-state index contributed by atoms with van der Waals surface area (Å²) in [4.78, 5) is 14.7. The van der Waals surface area contributed by atoms with Crippen LogP contribution in [0.5, 0.6) is 5.75 Å². The van der Waals surface area contributed by atoms with Gasteiger partial charge in [0.15, 0.2) is 5.78 Å². The van der Waals surface area contributed by atoms with Crippen LogP contribution in [0.15, 0.2) is 60.7 Å². The number of nitrogen functional groups attached to an aromatic ring is 1. The predicted molar refractivity (Wildman–Crippen MR) is 100 cm³/mol. The third-order valence-electron chi connectivity index (χ3n) is 3.65. The number of phenols is 1. The van der Waals surface area contributed by atoms with E-state index in [0.717, 1.165) is 11.1 Å². The van der Waals surface area contributed by atoms with E-state index < -0.39 is 0 Å². The minimum absolute atomic E-state index is 0.104. The van der Waals surface area contributed by atoms with Crippen molar-refractivity contribution in [1.82, 2.24) is 0 Å². The zero-order valence-corrected chi connectivity index (χ0v) is 14.0. The van der Waals surface area contributed by atoms with Gasteiger partial charge in [0.05, 0.1) is 5.56 Å². The molecule has 0 atom stereocenters. The quantitative estimate of drug-likeness (QED) is 0.404. The number of rotatable bonds is 4. The Morgan fingerprint density at radius 2 is 1.83 bits per heavy atom. The molecule has 0 aliphatic heterocycles. The number of phenolic OH excluding ortho intramolecular Hbond substituents is 1. The van der Waals surface area contributed by atoms with Gasteiger partial charge in [-0.2, -0.15) is 0 Å². The van der Waals surface area contributed by atoms with E-state index in [9.17, 15) is 9.90 Å². The van der Waals surface area contributed by atoms with Crippen molar-refractivity contribution in [2.75, 3.05) is 5.73 Å². The Hall–Kier alpha value is -2.85. The van der Waals surface area contributed by atoms with E-state index in [2.05, 4.69) is 19.1 Å². The lowest BCUT2D eigenvalue weighted by atomic mass is 10.1. The summed E-state index contributed by atoms with van der Waals surface area (Å²) in [5, 5.41) is 9.79. The summed E-state index contributed by atoms with van der Waals surface area (Å²) < 4.78 is 0. The molecule has 0 saturated carbocycles.